The van der Waals surface area contributed by atoms with Crippen molar-refractivity contribution in [1.82, 2.24) is 10.2 Å². The van der Waals surface area contributed by atoms with Gasteiger partial charge in [-0.3, -0.25) is 0 Å². The van der Waals surface area contributed by atoms with Crippen molar-refractivity contribution in [2.24, 2.45) is 11.3 Å². The van der Waals surface area contributed by atoms with Crippen molar-refractivity contribution < 1.29 is 5.11 Å². The molecule has 0 aliphatic heterocycles. The lowest BCUT2D eigenvalue weighted by atomic mass is 9.78. The van der Waals surface area contributed by atoms with E-state index >= 15 is 0 Å². The Bertz CT molecular complexity index is 255. The van der Waals surface area contributed by atoms with Crippen LogP contribution in [0, 0.1) is 11.3 Å². The number of hydrogen-bond acceptors (Lipinski definition) is 3. The predicted octanol–water partition coefficient (Wildman–Crippen LogP) is 2.25. The van der Waals surface area contributed by atoms with Crippen molar-refractivity contribution in [2.45, 2.75) is 57.5 Å². The van der Waals surface area contributed by atoms with E-state index in [0.29, 0.717) is 5.41 Å². The Morgan fingerprint density at radius 3 is 2.32 bits per heavy atom. The smallest absolute Gasteiger partial charge is 0.0546 e. The molecule has 2 aliphatic rings. The van der Waals surface area contributed by atoms with Gasteiger partial charge in [0.15, 0.2) is 0 Å². The fourth-order valence-corrected chi connectivity index (χ4v) is 4.17. The SMILES string of the molecule is CNCC1(CN(C)CC2CC(O)C2)CCCCCC1. The number of nitrogens with zero attached hydrogens (tertiary/aromatic N) is 1. The largest absolute Gasteiger partial charge is 0.393 e. The van der Waals surface area contributed by atoms with Crippen molar-refractivity contribution >= 4 is 0 Å². The van der Waals surface area contributed by atoms with Crippen LogP contribution in [0.2, 0.25) is 0 Å². The molecule has 0 spiro atoms. The van der Waals surface area contributed by atoms with Crippen molar-refractivity contribution in [2.75, 3.05) is 33.7 Å². The molecule has 0 saturated heterocycles. The number of aliphatic hydroxyl groups excluding tert-OH is 1. The summed E-state index contributed by atoms with van der Waals surface area (Å²) >= 11 is 0. The minimum atomic E-state index is -0.0115. The van der Waals surface area contributed by atoms with Gasteiger partial charge in [0.25, 0.3) is 0 Å². The summed E-state index contributed by atoms with van der Waals surface area (Å²) in [6.45, 7) is 3.55. The minimum absolute atomic E-state index is 0.0115. The van der Waals surface area contributed by atoms with Crippen LogP contribution >= 0.6 is 0 Å². The molecule has 0 aromatic rings. The quantitative estimate of drug-likeness (QED) is 0.725. The van der Waals surface area contributed by atoms with E-state index in [0.717, 1.165) is 25.3 Å². The lowest BCUT2D eigenvalue weighted by molar-refractivity contribution is 0.0204. The van der Waals surface area contributed by atoms with Crippen LogP contribution in [-0.2, 0) is 0 Å². The van der Waals surface area contributed by atoms with Crippen LogP contribution in [0.5, 0.6) is 0 Å². The normalized spacial score (nSPS) is 30.9. The van der Waals surface area contributed by atoms with Gasteiger partial charge in [-0.05, 0) is 51.1 Å². The Hall–Kier alpha value is -0.120. The number of aliphatic hydroxyl groups is 1. The Kier molecular flexibility index (Phi) is 5.67. The second-order valence-electron chi connectivity index (χ2n) is 7.13. The fraction of sp³-hybridized carbons (Fsp3) is 1.00. The van der Waals surface area contributed by atoms with Gasteiger partial charge in [-0.25, -0.2) is 0 Å². The van der Waals surface area contributed by atoms with Gasteiger partial charge < -0.3 is 15.3 Å². The van der Waals surface area contributed by atoms with Crippen LogP contribution in [0.3, 0.4) is 0 Å². The first-order chi connectivity index (χ1) is 9.13. The van der Waals surface area contributed by atoms with Gasteiger partial charge in [-0.15, -0.1) is 0 Å². The van der Waals surface area contributed by atoms with E-state index in [9.17, 15) is 5.11 Å². The Morgan fingerprint density at radius 1 is 1.16 bits per heavy atom. The highest BCUT2D eigenvalue weighted by atomic mass is 16.3. The highest BCUT2D eigenvalue weighted by Gasteiger charge is 2.33. The first-order valence-electron chi connectivity index (χ1n) is 8.15. The summed E-state index contributed by atoms with van der Waals surface area (Å²) in [7, 11) is 4.36. The molecule has 2 fully saturated rings. The van der Waals surface area contributed by atoms with Crippen molar-refractivity contribution in [3.63, 3.8) is 0 Å². The molecule has 0 unspecified atom stereocenters. The number of rotatable bonds is 6. The molecule has 0 radical (unpaired) electrons. The summed E-state index contributed by atoms with van der Waals surface area (Å²) < 4.78 is 0. The fourth-order valence-electron chi connectivity index (χ4n) is 4.17. The van der Waals surface area contributed by atoms with Gasteiger partial charge in [0.2, 0.25) is 0 Å². The predicted molar refractivity (Wildman–Crippen MR) is 80.3 cm³/mol. The Balaban J connectivity index is 1.83. The number of hydrogen-bond donors (Lipinski definition) is 2. The zero-order valence-corrected chi connectivity index (χ0v) is 12.8. The van der Waals surface area contributed by atoms with Gasteiger partial charge >= 0.3 is 0 Å². The molecule has 2 rings (SSSR count). The van der Waals surface area contributed by atoms with Gasteiger partial charge in [0.1, 0.15) is 0 Å². The highest BCUT2D eigenvalue weighted by Crippen LogP contribution is 2.36. The van der Waals surface area contributed by atoms with Crippen LogP contribution < -0.4 is 5.32 Å². The third-order valence-electron chi connectivity index (χ3n) is 5.10. The first kappa shape index (κ1) is 15.3. The van der Waals surface area contributed by atoms with E-state index in [1.54, 1.807) is 0 Å². The molecule has 0 aromatic heterocycles. The van der Waals surface area contributed by atoms with Crippen molar-refractivity contribution in [3.05, 3.63) is 0 Å². The monoisotopic (exact) mass is 268 g/mol. The lowest BCUT2D eigenvalue weighted by Crippen LogP contribution is -2.45. The molecule has 0 heterocycles. The van der Waals surface area contributed by atoms with E-state index in [1.807, 2.05) is 0 Å². The van der Waals surface area contributed by atoms with Crippen molar-refractivity contribution in [1.29, 1.82) is 0 Å². The van der Waals surface area contributed by atoms with Crippen LogP contribution in [0.25, 0.3) is 0 Å². The molecular formula is C16H32N2O. The maximum absolute atomic E-state index is 9.40. The Labute approximate surface area is 118 Å². The maximum Gasteiger partial charge on any atom is 0.0546 e. The summed E-state index contributed by atoms with van der Waals surface area (Å²) in [6, 6.07) is 0. The van der Waals surface area contributed by atoms with E-state index in [2.05, 4.69) is 24.3 Å². The molecule has 2 aliphatic carbocycles. The molecule has 3 heteroatoms. The molecule has 0 amide bonds. The molecule has 112 valence electrons. The van der Waals surface area contributed by atoms with E-state index in [4.69, 9.17) is 0 Å². The number of nitrogens with one attached hydrogen (secondary N) is 1. The minimum Gasteiger partial charge on any atom is -0.393 e. The molecule has 0 bridgehead atoms. The molecule has 19 heavy (non-hydrogen) atoms. The van der Waals surface area contributed by atoms with Gasteiger partial charge in [0, 0.05) is 19.6 Å². The van der Waals surface area contributed by atoms with Gasteiger partial charge in [-0.2, -0.15) is 0 Å². The molecule has 0 atom stereocenters. The third kappa shape index (κ3) is 4.44. The highest BCUT2D eigenvalue weighted by molar-refractivity contribution is 4.88. The van der Waals surface area contributed by atoms with Gasteiger partial charge in [0.05, 0.1) is 6.10 Å². The lowest BCUT2D eigenvalue weighted by Gasteiger charge is -2.40. The zero-order chi connectivity index (χ0) is 13.7. The topological polar surface area (TPSA) is 35.5 Å². The maximum atomic E-state index is 9.40. The van der Waals surface area contributed by atoms with Crippen LogP contribution in [0.1, 0.15) is 51.4 Å². The molecule has 2 saturated carbocycles. The second kappa shape index (κ2) is 7.05. The van der Waals surface area contributed by atoms with E-state index in [-0.39, 0.29) is 6.10 Å². The van der Waals surface area contributed by atoms with Gasteiger partial charge in [-0.1, -0.05) is 25.7 Å². The zero-order valence-electron chi connectivity index (χ0n) is 12.8. The van der Waals surface area contributed by atoms with E-state index in [1.165, 1.54) is 51.6 Å². The molecule has 3 nitrogen and oxygen atoms in total. The summed E-state index contributed by atoms with van der Waals surface area (Å²) in [4.78, 5) is 2.53. The molecular weight excluding hydrogens is 236 g/mol. The average Bonchev–Trinajstić information content (AvgIpc) is 2.53. The summed E-state index contributed by atoms with van der Waals surface area (Å²) in [6.07, 6.45) is 10.4. The summed E-state index contributed by atoms with van der Waals surface area (Å²) in [5.74, 6) is 0.734. The molecule has 0 aromatic carbocycles. The average molecular weight is 268 g/mol. The van der Waals surface area contributed by atoms with Crippen molar-refractivity contribution in [3.8, 4) is 0 Å². The summed E-state index contributed by atoms with van der Waals surface area (Å²) in [5.41, 5.74) is 0.488. The third-order valence-corrected chi connectivity index (χ3v) is 5.10. The Morgan fingerprint density at radius 2 is 1.79 bits per heavy atom. The molecule has 2 N–H and O–H groups in total. The van der Waals surface area contributed by atoms with Crippen LogP contribution in [0.4, 0.5) is 0 Å². The second-order valence-corrected chi connectivity index (χ2v) is 7.13. The van der Waals surface area contributed by atoms with Crippen LogP contribution in [0.15, 0.2) is 0 Å². The summed E-state index contributed by atoms with van der Waals surface area (Å²) in [5, 5.41) is 12.8. The standard InChI is InChI=1S/C16H32N2O/c1-17-12-16(7-5-3-4-6-8-16)13-18(2)11-14-9-15(19)10-14/h14-15,17,19H,3-13H2,1-2H3. The van der Waals surface area contributed by atoms with E-state index < -0.39 is 0 Å². The van der Waals surface area contributed by atoms with Crippen LogP contribution in [-0.4, -0.2) is 49.8 Å². The first-order valence-corrected chi connectivity index (χ1v) is 8.15.